The second kappa shape index (κ2) is 7.17. The average molecular weight is 337 g/mol. The van der Waals surface area contributed by atoms with E-state index in [0.717, 1.165) is 37.3 Å². The predicted octanol–water partition coefficient (Wildman–Crippen LogP) is 2.53. The van der Waals surface area contributed by atoms with Gasteiger partial charge >= 0.3 is 6.55 Å². The first-order chi connectivity index (χ1) is 11.2. The smallest absolute Gasteiger partial charge is 0.296 e. The highest BCUT2D eigenvalue weighted by Gasteiger charge is 2.20. The van der Waals surface area contributed by atoms with Crippen molar-refractivity contribution in [3.05, 3.63) is 40.1 Å². The Kier molecular flexibility index (Phi) is 5.00. The van der Waals surface area contributed by atoms with Crippen LogP contribution in [0, 0.1) is 11.3 Å². The molecule has 2 aromatic heterocycles. The number of alkyl halides is 2. The summed E-state index contributed by atoms with van der Waals surface area (Å²) < 4.78 is 26.6. The topological polar surface area (TPSA) is 48.1 Å². The van der Waals surface area contributed by atoms with Crippen LogP contribution in [0.15, 0.2) is 23.8 Å². The quantitative estimate of drug-likeness (QED) is 0.841. The second-order valence-electron chi connectivity index (χ2n) is 5.49. The molecule has 1 aliphatic heterocycles. The Balaban J connectivity index is 1.50. The van der Waals surface area contributed by atoms with Crippen LogP contribution < -0.4 is 0 Å². The van der Waals surface area contributed by atoms with E-state index in [-0.39, 0.29) is 0 Å². The van der Waals surface area contributed by atoms with E-state index in [1.165, 1.54) is 17.3 Å². The lowest BCUT2D eigenvalue weighted by molar-refractivity contribution is 0.0603. The molecule has 0 aliphatic carbocycles. The molecule has 2 aromatic rings. The highest BCUT2D eigenvalue weighted by molar-refractivity contribution is 7.10. The number of rotatable bonds is 5. The van der Waals surface area contributed by atoms with Crippen molar-refractivity contribution in [2.45, 2.75) is 19.6 Å². The Labute approximate surface area is 137 Å². The summed E-state index contributed by atoms with van der Waals surface area (Å²) in [7, 11) is 0. The zero-order valence-electron chi connectivity index (χ0n) is 12.5. The molecule has 0 amide bonds. The minimum absolute atomic E-state index is 0.408. The van der Waals surface area contributed by atoms with Gasteiger partial charge in [-0.15, -0.1) is 11.3 Å². The van der Waals surface area contributed by atoms with Crippen LogP contribution in [0.25, 0.3) is 0 Å². The molecule has 3 rings (SSSR count). The number of halogens is 2. The van der Waals surface area contributed by atoms with Gasteiger partial charge in [-0.3, -0.25) is 14.4 Å². The minimum atomic E-state index is -2.54. The summed E-state index contributed by atoms with van der Waals surface area (Å²) in [6.45, 7) is 2.17. The normalized spacial score (nSPS) is 16.8. The number of nitriles is 1. The summed E-state index contributed by atoms with van der Waals surface area (Å²) >= 11 is 1.60. The minimum Gasteiger partial charge on any atom is -0.296 e. The van der Waals surface area contributed by atoms with E-state index in [4.69, 9.17) is 5.26 Å². The molecule has 0 spiro atoms. The van der Waals surface area contributed by atoms with Gasteiger partial charge in [0, 0.05) is 55.4 Å². The molecule has 0 bridgehead atoms. The third-order valence-electron chi connectivity index (χ3n) is 3.95. The van der Waals surface area contributed by atoms with Crippen molar-refractivity contribution in [2.75, 3.05) is 26.2 Å². The van der Waals surface area contributed by atoms with Crippen molar-refractivity contribution >= 4 is 11.3 Å². The Bertz CT molecular complexity index is 682. The highest BCUT2D eigenvalue weighted by Crippen LogP contribution is 2.18. The van der Waals surface area contributed by atoms with Crippen molar-refractivity contribution in [3.63, 3.8) is 0 Å². The molecule has 5 nitrogen and oxygen atoms in total. The van der Waals surface area contributed by atoms with Gasteiger partial charge in [0.15, 0.2) is 0 Å². The lowest BCUT2D eigenvalue weighted by Crippen LogP contribution is -2.45. The summed E-state index contributed by atoms with van der Waals surface area (Å²) in [4.78, 5) is 9.68. The van der Waals surface area contributed by atoms with Gasteiger partial charge in [-0.1, -0.05) is 0 Å². The van der Waals surface area contributed by atoms with Crippen LogP contribution >= 0.6 is 11.3 Å². The number of thiophene rings is 1. The summed E-state index contributed by atoms with van der Waals surface area (Å²) in [5.41, 5.74) is 0.711. The van der Waals surface area contributed by atoms with E-state index in [1.54, 1.807) is 11.3 Å². The summed E-state index contributed by atoms with van der Waals surface area (Å²) in [6, 6.07) is 4.07. The van der Waals surface area contributed by atoms with Gasteiger partial charge in [-0.25, -0.2) is 4.98 Å². The summed E-state index contributed by atoms with van der Waals surface area (Å²) in [5, 5.41) is 10.7. The fraction of sp³-hybridized carbons (Fsp3) is 0.467. The first kappa shape index (κ1) is 16.1. The zero-order chi connectivity index (χ0) is 16.2. The molecule has 1 aliphatic rings. The van der Waals surface area contributed by atoms with Crippen LogP contribution in [0.2, 0.25) is 0 Å². The van der Waals surface area contributed by atoms with E-state index in [2.05, 4.69) is 20.9 Å². The highest BCUT2D eigenvalue weighted by atomic mass is 32.1. The van der Waals surface area contributed by atoms with Crippen LogP contribution in [-0.2, 0) is 13.1 Å². The Morgan fingerprint density at radius 3 is 2.52 bits per heavy atom. The van der Waals surface area contributed by atoms with Crippen LogP contribution in [0.5, 0.6) is 0 Å². The molecule has 122 valence electrons. The number of nitrogens with zero attached hydrogens (tertiary/aromatic N) is 5. The van der Waals surface area contributed by atoms with E-state index >= 15 is 0 Å². The van der Waals surface area contributed by atoms with E-state index < -0.39 is 6.55 Å². The average Bonchev–Trinajstić information content (AvgIpc) is 3.18. The maximum absolute atomic E-state index is 12.8. The van der Waals surface area contributed by atoms with Crippen molar-refractivity contribution in [1.29, 1.82) is 5.26 Å². The van der Waals surface area contributed by atoms with Crippen LogP contribution in [0.4, 0.5) is 8.78 Å². The predicted molar refractivity (Wildman–Crippen MR) is 83.1 cm³/mol. The van der Waals surface area contributed by atoms with Crippen molar-refractivity contribution in [1.82, 2.24) is 19.4 Å². The monoisotopic (exact) mass is 337 g/mol. The van der Waals surface area contributed by atoms with E-state index in [1.807, 2.05) is 11.4 Å². The maximum Gasteiger partial charge on any atom is 0.319 e. The lowest BCUT2D eigenvalue weighted by atomic mass is 10.2. The zero-order valence-corrected chi connectivity index (χ0v) is 13.3. The van der Waals surface area contributed by atoms with Crippen LogP contribution in [-0.4, -0.2) is 45.5 Å². The van der Waals surface area contributed by atoms with Gasteiger partial charge in [0.2, 0.25) is 0 Å². The third-order valence-corrected chi connectivity index (χ3v) is 4.87. The Hall–Kier alpha value is -1.82. The molecular formula is C15H17F2N5S. The van der Waals surface area contributed by atoms with E-state index in [0.29, 0.717) is 17.9 Å². The van der Waals surface area contributed by atoms with Gasteiger partial charge in [0.25, 0.3) is 0 Å². The molecule has 0 unspecified atom stereocenters. The molecule has 3 heterocycles. The van der Waals surface area contributed by atoms with Gasteiger partial charge < -0.3 is 0 Å². The first-order valence-corrected chi connectivity index (χ1v) is 8.26. The number of hydrogen-bond acceptors (Lipinski definition) is 5. The van der Waals surface area contributed by atoms with E-state index in [9.17, 15) is 8.78 Å². The molecular weight excluding hydrogens is 320 g/mol. The summed E-state index contributed by atoms with van der Waals surface area (Å²) in [5.74, 6) is 0.408. The molecule has 0 atom stereocenters. The molecule has 1 fully saturated rings. The molecule has 23 heavy (non-hydrogen) atoms. The van der Waals surface area contributed by atoms with Crippen molar-refractivity contribution in [3.8, 4) is 6.07 Å². The van der Waals surface area contributed by atoms with Gasteiger partial charge in [-0.2, -0.15) is 14.0 Å². The maximum atomic E-state index is 12.8. The molecule has 0 aromatic carbocycles. The van der Waals surface area contributed by atoms with Gasteiger partial charge in [-0.05, 0) is 6.07 Å². The molecule has 0 N–H and O–H groups in total. The van der Waals surface area contributed by atoms with Crippen molar-refractivity contribution in [2.24, 2.45) is 0 Å². The number of piperazine rings is 1. The molecule has 8 heteroatoms. The Morgan fingerprint density at radius 2 is 1.91 bits per heavy atom. The first-order valence-electron chi connectivity index (χ1n) is 7.38. The number of imidazole rings is 1. The number of hydrogen-bond donors (Lipinski definition) is 0. The molecule has 0 radical (unpaired) electrons. The van der Waals surface area contributed by atoms with Crippen LogP contribution in [0.1, 0.15) is 22.8 Å². The number of aromatic nitrogens is 2. The van der Waals surface area contributed by atoms with Crippen molar-refractivity contribution < 1.29 is 8.78 Å². The van der Waals surface area contributed by atoms with Crippen LogP contribution in [0.3, 0.4) is 0 Å². The fourth-order valence-corrected chi connectivity index (χ4v) is 3.54. The third kappa shape index (κ3) is 3.93. The SMILES string of the molecule is N#Cc1csc(CN2CCN(Cc3nccn3C(F)F)CC2)c1. The Morgan fingerprint density at radius 1 is 1.22 bits per heavy atom. The standard InChI is InChI=1S/C15H17F2N5S/c16-15(17)22-2-1-19-14(22)10-21-5-3-20(4-6-21)9-13-7-12(8-18)11-23-13/h1-2,7,11,15H,3-6,9-10H2. The lowest BCUT2D eigenvalue weighted by Gasteiger charge is -2.34. The molecule has 1 saturated heterocycles. The second-order valence-corrected chi connectivity index (χ2v) is 6.49. The van der Waals surface area contributed by atoms with Gasteiger partial charge in [0.05, 0.1) is 12.1 Å². The van der Waals surface area contributed by atoms with Gasteiger partial charge in [0.1, 0.15) is 11.9 Å². The fourth-order valence-electron chi connectivity index (χ4n) is 2.69. The summed E-state index contributed by atoms with van der Waals surface area (Å²) in [6.07, 6.45) is 2.74. The largest absolute Gasteiger partial charge is 0.319 e. The molecule has 0 saturated carbocycles.